The van der Waals surface area contributed by atoms with Gasteiger partial charge in [0.1, 0.15) is 0 Å². The first kappa shape index (κ1) is 13.6. The molecule has 0 aliphatic rings. The van der Waals surface area contributed by atoms with E-state index in [1.54, 1.807) is 0 Å². The van der Waals surface area contributed by atoms with Crippen LogP contribution in [0.3, 0.4) is 0 Å². The molecule has 3 nitrogen and oxygen atoms in total. The van der Waals surface area contributed by atoms with Crippen molar-refractivity contribution in [3.8, 4) is 11.1 Å². The van der Waals surface area contributed by atoms with Crippen LogP contribution in [0.2, 0.25) is 0 Å². The molecule has 1 N–H and O–H groups in total. The Labute approximate surface area is 125 Å². The highest BCUT2D eigenvalue weighted by Gasteiger charge is 2.07. The van der Waals surface area contributed by atoms with Crippen LogP contribution in [0.5, 0.6) is 0 Å². The lowest BCUT2D eigenvalue weighted by molar-refractivity contribution is 0.721. The highest BCUT2D eigenvalue weighted by atomic mass is 15.1. The molecule has 0 amide bonds. The summed E-state index contributed by atoms with van der Waals surface area (Å²) in [7, 11) is 0. The van der Waals surface area contributed by atoms with Gasteiger partial charge in [0.15, 0.2) is 0 Å². The summed E-state index contributed by atoms with van der Waals surface area (Å²) in [5.74, 6) is 0. The predicted molar refractivity (Wildman–Crippen MR) is 84.9 cm³/mol. The molecular weight excluding hydrogens is 258 g/mol. The smallest absolute Gasteiger partial charge is 0.0700 e. The number of aryl methyl sites for hydroxylation is 2. The number of benzene rings is 1. The first-order valence-electron chi connectivity index (χ1n) is 7.40. The quantitative estimate of drug-likeness (QED) is 0.691. The molecular formula is C18H19N3. The fourth-order valence-corrected chi connectivity index (χ4v) is 2.56. The van der Waals surface area contributed by atoms with Crippen molar-refractivity contribution in [1.82, 2.24) is 15.2 Å². The molecule has 0 saturated heterocycles. The number of hydrogen-bond donors (Lipinski definition) is 1. The average molecular weight is 277 g/mol. The lowest BCUT2D eigenvalue weighted by Crippen LogP contribution is -1.92. The van der Waals surface area contributed by atoms with Crippen LogP contribution in [-0.2, 0) is 12.8 Å². The van der Waals surface area contributed by atoms with Crippen LogP contribution in [0.25, 0.3) is 11.1 Å². The monoisotopic (exact) mass is 277 g/mol. The van der Waals surface area contributed by atoms with E-state index in [9.17, 15) is 0 Å². The van der Waals surface area contributed by atoms with Crippen molar-refractivity contribution < 1.29 is 0 Å². The van der Waals surface area contributed by atoms with Crippen molar-refractivity contribution in [2.24, 2.45) is 0 Å². The van der Waals surface area contributed by atoms with E-state index in [1.165, 1.54) is 23.1 Å². The van der Waals surface area contributed by atoms with Crippen molar-refractivity contribution in [1.29, 1.82) is 0 Å². The summed E-state index contributed by atoms with van der Waals surface area (Å²) in [6, 6.07) is 14.7. The number of aromatic nitrogens is 3. The molecule has 2 aromatic heterocycles. The zero-order valence-corrected chi connectivity index (χ0v) is 12.0. The van der Waals surface area contributed by atoms with Crippen molar-refractivity contribution in [2.45, 2.75) is 25.7 Å². The molecule has 0 bridgehead atoms. The summed E-state index contributed by atoms with van der Waals surface area (Å²) in [5.41, 5.74) is 4.93. The van der Waals surface area contributed by atoms with Gasteiger partial charge in [-0.3, -0.25) is 10.1 Å². The number of pyridine rings is 1. The first-order valence-corrected chi connectivity index (χ1v) is 7.40. The number of unbranched alkanes of at least 4 members (excludes halogenated alkanes) is 1. The zero-order chi connectivity index (χ0) is 14.3. The van der Waals surface area contributed by atoms with E-state index >= 15 is 0 Å². The minimum absolute atomic E-state index is 1.01. The molecule has 0 spiro atoms. The second kappa shape index (κ2) is 6.84. The van der Waals surface area contributed by atoms with Gasteiger partial charge < -0.3 is 0 Å². The van der Waals surface area contributed by atoms with E-state index in [0.29, 0.717) is 0 Å². The van der Waals surface area contributed by atoms with E-state index in [4.69, 9.17) is 0 Å². The van der Waals surface area contributed by atoms with E-state index in [0.717, 1.165) is 25.0 Å². The number of H-pyrrole nitrogens is 1. The van der Waals surface area contributed by atoms with Crippen LogP contribution >= 0.6 is 0 Å². The zero-order valence-electron chi connectivity index (χ0n) is 12.0. The number of hydrogen-bond acceptors (Lipinski definition) is 2. The number of nitrogens with one attached hydrogen (secondary N) is 1. The summed E-state index contributed by atoms with van der Waals surface area (Å²) in [6.07, 6.45) is 10.1. The SMILES string of the molecule is c1ccc(CCCCc2n[nH]cc2-c2ccncc2)cc1. The van der Waals surface area contributed by atoms with Crippen molar-refractivity contribution in [3.05, 3.63) is 72.3 Å². The van der Waals surface area contributed by atoms with Crippen molar-refractivity contribution in [2.75, 3.05) is 0 Å². The Morgan fingerprint density at radius 3 is 2.43 bits per heavy atom. The molecule has 0 aliphatic heterocycles. The third kappa shape index (κ3) is 3.57. The average Bonchev–Trinajstić information content (AvgIpc) is 3.02. The summed E-state index contributed by atoms with van der Waals surface area (Å²) < 4.78 is 0. The highest BCUT2D eigenvalue weighted by Crippen LogP contribution is 2.22. The van der Waals surface area contributed by atoms with Gasteiger partial charge >= 0.3 is 0 Å². The summed E-state index contributed by atoms with van der Waals surface area (Å²) in [5, 5.41) is 7.38. The maximum absolute atomic E-state index is 4.39. The largest absolute Gasteiger partial charge is 0.285 e. The third-order valence-electron chi connectivity index (χ3n) is 3.68. The van der Waals surface area contributed by atoms with Gasteiger partial charge in [0.05, 0.1) is 5.69 Å². The van der Waals surface area contributed by atoms with E-state index < -0.39 is 0 Å². The summed E-state index contributed by atoms with van der Waals surface area (Å²) in [6.45, 7) is 0. The van der Waals surface area contributed by atoms with E-state index in [2.05, 4.69) is 45.5 Å². The molecule has 106 valence electrons. The normalized spacial score (nSPS) is 10.7. The van der Waals surface area contributed by atoms with Crippen LogP contribution in [0, 0.1) is 0 Å². The molecule has 3 aromatic rings. The van der Waals surface area contributed by atoms with Gasteiger partial charge in [0, 0.05) is 24.2 Å². The lowest BCUT2D eigenvalue weighted by atomic mass is 10.0. The van der Waals surface area contributed by atoms with Crippen molar-refractivity contribution >= 4 is 0 Å². The molecule has 3 heteroatoms. The van der Waals surface area contributed by atoms with Gasteiger partial charge in [0.25, 0.3) is 0 Å². The Hall–Kier alpha value is -2.42. The Balaban J connectivity index is 1.56. The summed E-state index contributed by atoms with van der Waals surface area (Å²) >= 11 is 0. The van der Waals surface area contributed by atoms with Crippen LogP contribution in [0.15, 0.2) is 61.1 Å². The number of nitrogens with zero attached hydrogens (tertiary/aromatic N) is 2. The number of rotatable bonds is 6. The Bertz CT molecular complexity index is 659. The van der Waals surface area contributed by atoms with E-state index in [-0.39, 0.29) is 0 Å². The molecule has 0 saturated carbocycles. The predicted octanol–water partition coefficient (Wildman–Crippen LogP) is 4.04. The van der Waals surface area contributed by atoms with Gasteiger partial charge in [-0.15, -0.1) is 0 Å². The first-order chi connectivity index (χ1) is 10.4. The molecule has 0 atom stereocenters. The molecule has 2 heterocycles. The number of aromatic amines is 1. The van der Waals surface area contributed by atoms with Gasteiger partial charge in [-0.1, -0.05) is 30.3 Å². The lowest BCUT2D eigenvalue weighted by Gasteiger charge is -2.03. The van der Waals surface area contributed by atoms with Crippen LogP contribution in [0.1, 0.15) is 24.1 Å². The maximum Gasteiger partial charge on any atom is 0.0700 e. The van der Waals surface area contributed by atoms with Crippen LogP contribution in [-0.4, -0.2) is 15.2 Å². The minimum atomic E-state index is 1.01. The standard InChI is InChI=1S/C18H19N3/c1-2-6-15(7-3-1)8-4-5-9-18-17(14-20-21-18)16-10-12-19-13-11-16/h1-3,6-7,10-14H,4-5,8-9H2,(H,20,21). The molecule has 21 heavy (non-hydrogen) atoms. The molecule has 0 fully saturated rings. The topological polar surface area (TPSA) is 41.6 Å². The fraction of sp³-hybridized carbons (Fsp3) is 0.222. The van der Waals surface area contributed by atoms with Gasteiger partial charge in [-0.2, -0.15) is 5.10 Å². The highest BCUT2D eigenvalue weighted by molar-refractivity contribution is 5.64. The molecule has 3 rings (SSSR count). The Morgan fingerprint density at radius 2 is 1.62 bits per heavy atom. The molecule has 0 aliphatic carbocycles. The van der Waals surface area contributed by atoms with Gasteiger partial charge in [0.2, 0.25) is 0 Å². The molecule has 0 radical (unpaired) electrons. The van der Waals surface area contributed by atoms with Gasteiger partial charge in [-0.05, 0) is 48.9 Å². The maximum atomic E-state index is 4.39. The van der Waals surface area contributed by atoms with E-state index in [1.807, 2.05) is 30.7 Å². The van der Waals surface area contributed by atoms with Crippen LogP contribution in [0.4, 0.5) is 0 Å². The third-order valence-corrected chi connectivity index (χ3v) is 3.68. The molecule has 0 unspecified atom stereocenters. The second-order valence-electron chi connectivity index (χ2n) is 5.17. The minimum Gasteiger partial charge on any atom is -0.285 e. The van der Waals surface area contributed by atoms with Crippen LogP contribution < -0.4 is 0 Å². The molecule has 1 aromatic carbocycles. The fourth-order valence-electron chi connectivity index (χ4n) is 2.56. The summed E-state index contributed by atoms with van der Waals surface area (Å²) in [4.78, 5) is 4.06. The second-order valence-corrected chi connectivity index (χ2v) is 5.17. The Kier molecular flexibility index (Phi) is 4.42. The van der Waals surface area contributed by atoms with Crippen molar-refractivity contribution in [3.63, 3.8) is 0 Å². The van der Waals surface area contributed by atoms with Gasteiger partial charge in [-0.25, -0.2) is 0 Å². The Morgan fingerprint density at radius 1 is 0.857 bits per heavy atom.